The molecule has 166 valence electrons. The summed E-state index contributed by atoms with van der Waals surface area (Å²) in [5.74, 6) is -0.325. The van der Waals surface area contributed by atoms with Crippen LogP contribution >= 0.6 is 11.3 Å². The monoisotopic (exact) mass is 443 g/mol. The summed E-state index contributed by atoms with van der Waals surface area (Å²) in [4.78, 5) is 39.3. The predicted molar refractivity (Wildman–Crippen MR) is 121 cm³/mol. The zero-order valence-electron chi connectivity index (χ0n) is 18.3. The quantitative estimate of drug-likeness (QED) is 0.697. The Hall–Kier alpha value is -2.68. The average Bonchev–Trinajstić information content (AvgIpc) is 3.38. The number of nitrogens with zero attached hydrogens (tertiary/aromatic N) is 4. The number of nitrogens with one attached hydrogen (secondary N) is 1. The highest BCUT2D eigenvalue weighted by Crippen LogP contribution is 2.30. The maximum atomic E-state index is 13.2. The van der Waals surface area contributed by atoms with Gasteiger partial charge in [-0.1, -0.05) is 20.8 Å². The van der Waals surface area contributed by atoms with Crippen LogP contribution in [0.25, 0.3) is 10.2 Å². The average molecular weight is 444 g/mol. The molecule has 0 aliphatic carbocycles. The summed E-state index contributed by atoms with van der Waals surface area (Å²) in [7, 11) is 0. The molecule has 4 rings (SSSR count). The molecule has 0 aromatic carbocycles. The molecule has 0 atom stereocenters. The van der Waals surface area contributed by atoms with Gasteiger partial charge in [0.1, 0.15) is 12.2 Å². The van der Waals surface area contributed by atoms with Crippen molar-refractivity contribution in [2.24, 2.45) is 10.5 Å². The number of rotatable bonds is 6. The van der Waals surface area contributed by atoms with Crippen LogP contribution in [0.15, 0.2) is 22.6 Å². The first kappa shape index (κ1) is 21.5. The molecular formula is C22H29N5O3S. The van der Waals surface area contributed by atoms with Crippen molar-refractivity contribution < 1.29 is 14.4 Å². The molecule has 31 heavy (non-hydrogen) atoms. The van der Waals surface area contributed by atoms with Gasteiger partial charge in [0.15, 0.2) is 0 Å². The molecule has 0 saturated carbocycles. The van der Waals surface area contributed by atoms with Crippen LogP contribution < -0.4 is 5.32 Å². The Labute approximate surface area is 185 Å². The van der Waals surface area contributed by atoms with Crippen LogP contribution in [-0.2, 0) is 16.1 Å². The molecular weight excluding hydrogens is 414 g/mol. The number of likely N-dealkylation sites (tertiary alicyclic amines) is 1. The van der Waals surface area contributed by atoms with Crippen molar-refractivity contribution in [3.8, 4) is 0 Å². The van der Waals surface area contributed by atoms with E-state index in [-0.39, 0.29) is 29.7 Å². The van der Waals surface area contributed by atoms with Gasteiger partial charge in [-0.15, -0.1) is 11.3 Å². The summed E-state index contributed by atoms with van der Waals surface area (Å²) in [6, 6.07) is 3.91. The molecule has 3 amide bonds. The molecule has 0 radical (unpaired) electrons. The number of hydrogen-bond acceptors (Lipinski definition) is 5. The fraction of sp³-hybridized carbons (Fsp3) is 0.545. The summed E-state index contributed by atoms with van der Waals surface area (Å²) < 4.78 is 3.06. The lowest BCUT2D eigenvalue weighted by molar-refractivity contribution is -0.127. The fourth-order valence-electron chi connectivity index (χ4n) is 3.95. The number of aromatic nitrogens is 1. The third-order valence-electron chi connectivity index (χ3n) is 5.78. The minimum atomic E-state index is -0.263. The first-order valence-electron chi connectivity index (χ1n) is 10.7. The third-order valence-corrected chi connectivity index (χ3v) is 6.64. The van der Waals surface area contributed by atoms with Gasteiger partial charge in [0.05, 0.1) is 22.5 Å². The lowest BCUT2D eigenvalue weighted by atomic mass is 9.90. The number of carbonyl (C=O) groups excluding carboxylic acids is 3. The van der Waals surface area contributed by atoms with Crippen LogP contribution in [0.3, 0.4) is 0 Å². The van der Waals surface area contributed by atoms with Crippen molar-refractivity contribution in [2.75, 3.05) is 26.2 Å². The molecule has 2 aliphatic heterocycles. The van der Waals surface area contributed by atoms with Crippen LogP contribution in [-0.4, -0.2) is 64.1 Å². The standard InChI is InChI=1S/C22H29N5O3S/c1-22(2,3)18-13-26-15-7-11-31-17(15)12-16(26)21(30)27(24-18)14-19(28)23-8-5-10-25-9-4-6-20(25)29/h7,11-12H,4-6,8-10,13-14H2,1-3H3,(H,23,28). The minimum absolute atomic E-state index is 0.125. The lowest BCUT2D eigenvalue weighted by Crippen LogP contribution is -2.39. The third kappa shape index (κ3) is 4.51. The van der Waals surface area contributed by atoms with Gasteiger partial charge in [0, 0.05) is 31.5 Å². The van der Waals surface area contributed by atoms with Gasteiger partial charge in [-0.25, -0.2) is 5.01 Å². The topological polar surface area (TPSA) is 87.0 Å². The number of hydrogen-bond donors (Lipinski definition) is 1. The minimum Gasteiger partial charge on any atom is -0.354 e. The first-order valence-corrected chi connectivity index (χ1v) is 11.6. The number of carbonyl (C=O) groups is 3. The van der Waals surface area contributed by atoms with E-state index in [9.17, 15) is 14.4 Å². The van der Waals surface area contributed by atoms with E-state index in [1.807, 2.05) is 27.0 Å². The molecule has 9 heteroatoms. The Morgan fingerprint density at radius 2 is 2.10 bits per heavy atom. The zero-order valence-corrected chi connectivity index (χ0v) is 19.1. The predicted octanol–water partition coefficient (Wildman–Crippen LogP) is 2.69. The molecule has 2 aromatic heterocycles. The van der Waals surface area contributed by atoms with Gasteiger partial charge < -0.3 is 14.8 Å². The van der Waals surface area contributed by atoms with Crippen molar-refractivity contribution in [1.29, 1.82) is 0 Å². The van der Waals surface area contributed by atoms with E-state index in [2.05, 4.69) is 31.2 Å². The molecule has 1 N–H and O–H groups in total. The second-order valence-electron chi connectivity index (χ2n) is 9.13. The Balaban J connectivity index is 1.44. The van der Waals surface area contributed by atoms with Crippen LogP contribution in [0.4, 0.5) is 0 Å². The highest BCUT2D eigenvalue weighted by atomic mass is 32.1. The Morgan fingerprint density at radius 3 is 2.81 bits per heavy atom. The molecule has 2 aromatic rings. The second-order valence-corrected chi connectivity index (χ2v) is 10.1. The van der Waals surface area contributed by atoms with Crippen molar-refractivity contribution >= 4 is 45.0 Å². The summed E-state index contributed by atoms with van der Waals surface area (Å²) in [6.45, 7) is 8.50. The van der Waals surface area contributed by atoms with Gasteiger partial charge in [0.2, 0.25) is 11.8 Å². The van der Waals surface area contributed by atoms with Gasteiger partial charge in [-0.05, 0) is 30.4 Å². The molecule has 8 nitrogen and oxygen atoms in total. The van der Waals surface area contributed by atoms with Crippen molar-refractivity contribution in [3.63, 3.8) is 0 Å². The summed E-state index contributed by atoms with van der Waals surface area (Å²) in [5.41, 5.74) is 2.19. The molecule has 1 fully saturated rings. The van der Waals surface area contributed by atoms with E-state index in [0.29, 0.717) is 38.2 Å². The number of fused-ring (bicyclic) bond motifs is 3. The summed E-state index contributed by atoms with van der Waals surface area (Å²) >= 11 is 1.60. The Bertz CT molecular complexity index is 1050. The van der Waals surface area contributed by atoms with Crippen molar-refractivity contribution in [1.82, 2.24) is 19.8 Å². The molecule has 4 heterocycles. The fourth-order valence-corrected chi connectivity index (χ4v) is 4.78. The van der Waals surface area contributed by atoms with Gasteiger partial charge in [-0.3, -0.25) is 14.4 Å². The Morgan fingerprint density at radius 1 is 1.29 bits per heavy atom. The van der Waals surface area contributed by atoms with Gasteiger partial charge in [0.25, 0.3) is 5.91 Å². The van der Waals surface area contributed by atoms with E-state index in [1.165, 1.54) is 5.01 Å². The number of amides is 3. The summed E-state index contributed by atoms with van der Waals surface area (Å²) in [5, 5.41) is 10.8. The van der Waals surface area contributed by atoms with Gasteiger partial charge >= 0.3 is 0 Å². The van der Waals surface area contributed by atoms with Crippen LogP contribution in [0, 0.1) is 5.41 Å². The largest absolute Gasteiger partial charge is 0.354 e. The highest BCUT2D eigenvalue weighted by molar-refractivity contribution is 7.17. The van der Waals surface area contributed by atoms with Crippen molar-refractivity contribution in [3.05, 3.63) is 23.2 Å². The molecule has 0 bridgehead atoms. The van der Waals surface area contributed by atoms with Crippen LogP contribution in [0.1, 0.15) is 50.5 Å². The zero-order chi connectivity index (χ0) is 22.2. The van der Waals surface area contributed by atoms with Crippen molar-refractivity contribution in [2.45, 2.75) is 46.6 Å². The second kappa shape index (κ2) is 8.45. The number of thiophene rings is 1. The molecule has 0 spiro atoms. The smallest absolute Gasteiger partial charge is 0.291 e. The van der Waals surface area contributed by atoms with E-state index in [4.69, 9.17) is 0 Å². The molecule has 0 unspecified atom stereocenters. The first-order chi connectivity index (χ1) is 14.7. The number of hydrazone groups is 1. The van der Waals surface area contributed by atoms with Crippen LogP contribution in [0.2, 0.25) is 0 Å². The molecule has 2 aliphatic rings. The van der Waals surface area contributed by atoms with E-state index in [1.54, 1.807) is 11.3 Å². The Kier molecular flexibility index (Phi) is 5.88. The van der Waals surface area contributed by atoms with Gasteiger partial charge in [-0.2, -0.15) is 5.10 Å². The normalized spacial score (nSPS) is 17.2. The highest BCUT2D eigenvalue weighted by Gasteiger charge is 2.31. The SMILES string of the molecule is CC(C)(C)C1=NN(CC(=O)NCCCN2CCCC2=O)C(=O)c2cc3sccc3n2C1. The van der Waals surface area contributed by atoms with E-state index < -0.39 is 0 Å². The maximum absolute atomic E-state index is 13.2. The van der Waals surface area contributed by atoms with E-state index >= 15 is 0 Å². The summed E-state index contributed by atoms with van der Waals surface area (Å²) in [6.07, 6.45) is 2.23. The maximum Gasteiger partial charge on any atom is 0.291 e. The van der Waals surface area contributed by atoms with Crippen LogP contribution in [0.5, 0.6) is 0 Å². The molecule has 1 saturated heterocycles. The van der Waals surface area contributed by atoms with E-state index in [0.717, 1.165) is 28.9 Å². The lowest BCUT2D eigenvalue weighted by Gasteiger charge is -2.23.